The van der Waals surface area contributed by atoms with E-state index in [1.54, 1.807) is 0 Å². The van der Waals surface area contributed by atoms with Gasteiger partial charge in [-0.1, -0.05) is 0 Å². The smallest absolute Gasteiger partial charge is 0.120 e. The third-order valence-electron chi connectivity index (χ3n) is 4.43. The van der Waals surface area contributed by atoms with Crippen molar-refractivity contribution in [3.8, 4) is 0 Å². The average Bonchev–Trinajstić information content (AvgIpc) is 3.00. The Morgan fingerprint density at radius 3 is 2.74 bits per heavy atom. The summed E-state index contributed by atoms with van der Waals surface area (Å²) in [6.07, 6.45) is 3.23. The van der Waals surface area contributed by atoms with Crippen molar-refractivity contribution in [1.29, 1.82) is 0 Å². The maximum atomic E-state index is 4.41. The second-order valence-corrected chi connectivity index (χ2v) is 6.03. The van der Waals surface area contributed by atoms with Crippen LogP contribution < -0.4 is 0 Å². The van der Waals surface area contributed by atoms with Crippen molar-refractivity contribution >= 4 is 0 Å². The standard InChI is InChI=1S/C14H25N5/c1-12-9-15-14(16-12)11-18-4-3-13(10-18)19-7-5-17(2)6-8-19/h9,13H,3-8,10-11H2,1-2H3,(H,15,16)/t13-/m0/s1. The van der Waals surface area contributed by atoms with Crippen LogP contribution in [0.3, 0.4) is 0 Å². The summed E-state index contributed by atoms with van der Waals surface area (Å²) in [7, 11) is 2.22. The predicted octanol–water partition coefficient (Wildman–Crippen LogP) is 0.540. The lowest BCUT2D eigenvalue weighted by molar-refractivity contribution is 0.112. The summed E-state index contributed by atoms with van der Waals surface area (Å²) in [5.74, 6) is 1.11. The quantitative estimate of drug-likeness (QED) is 0.864. The Labute approximate surface area is 115 Å². The first-order valence-corrected chi connectivity index (χ1v) is 7.36. The second kappa shape index (κ2) is 5.61. The second-order valence-electron chi connectivity index (χ2n) is 6.03. The topological polar surface area (TPSA) is 38.4 Å². The van der Waals surface area contributed by atoms with Crippen molar-refractivity contribution in [3.05, 3.63) is 17.7 Å². The molecule has 0 amide bonds. The zero-order chi connectivity index (χ0) is 13.2. The third kappa shape index (κ3) is 3.16. The molecule has 19 heavy (non-hydrogen) atoms. The fourth-order valence-corrected chi connectivity index (χ4v) is 3.20. The van der Waals surface area contributed by atoms with Crippen molar-refractivity contribution in [2.24, 2.45) is 0 Å². The molecule has 5 nitrogen and oxygen atoms in total. The summed E-state index contributed by atoms with van der Waals surface area (Å²) >= 11 is 0. The fraction of sp³-hybridized carbons (Fsp3) is 0.786. The van der Waals surface area contributed by atoms with E-state index in [4.69, 9.17) is 0 Å². The van der Waals surface area contributed by atoms with Crippen LogP contribution in [0, 0.1) is 6.92 Å². The highest BCUT2D eigenvalue weighted by molar-refractivity contribution is 4.99. The van der Waals surface area contributed by atoms with E-state index in [1.807, 2.05) is 6.20 Å². The van der Waals surface area contributed by atoms with Gasteiger partial charge in [-0.3, -0.25) is 9.80 Å². The highest BCUT2D eigenvalue weighted by Gasteiger charge is 2.29. The van der Waals surface area contributed by atoms with Crippen LogP contribution >= 0.6 is 0 Å². The Kier molecular flexibility index (Phi) is 3.86. The number of aromatic amines is 1. The van der Waals surface area contributed by atoms with Gasteiger partial charge in [-0.15, -0.1) is 0 Å². The van der Waals surface area contributed by atoms with Crippen LogP contribution in [-0.4, -0.2) is 77.0 Å². The summed E-state index contributed by atoms with van der Waals surface area (Å²) in [5, 5.41) is 0. The summed E-state index contributed by atoms with van der Waals surface area (Å²) in [6.45, 7) is 10.3. The molecule has 0 aromatic carbocycles. The molecule has 106 valence electrons. The number of imidazole rings is 1. The van der Waals surface area contributed by atoms with Gasteiger partial charge in [0.15, 0.2) is 0 Å². The van der Waals surface area contributed by atoms with Gasteiger partial charge in [0.25, 0.3) is 0 Å². The molecule has 0 saturated carbocycles. The van der Waals surface area contributed by atoms with Gasteiger partial charge in [0, 0.05) is 57.2 Å². The number of nitrogens with zero attached hydrogens (tertiary/aromatic N) is 4. The van der Waals surface area contributed by atoms with Gasteiger partial charge in [-0.2, -0.15) is 0 Å². The summed E-state index contributed by atoms with van der Waals surface area (Å²) < 4.78 is 0. The van der Waals surface area contributed by atoms with Crippen molar-refractivity contribution in [2.75, 3.05) is 46.3 Å². The van der Waals surface area contributed by atoms with E-state index >= 15 is 0 Å². The number of hydrogen-bond donors (Lipinski definition) is 1. The minimum Gasteiger partial charge on any atom is -0.345 e. The van der Waals surface area contributed by atoms with E-state index in [1.165, 1.54) is 45.7 Å². The molecule has 2 saturated heterocycles. The molecular weight excluding hydrogens is 238 g/mol. The number of likely N-dealkylation sites (N-methyl/N-ethyl adjacent to an activating group) is 1. The van der Waals surface area contributed by atoms with Crippen molar-refractivity contribution in [1.82, 2.24) is 24.7 Å². The van der Waals surface area contributed by atoms with E-state index in [0.29, 0.717) is 0 Å². The number of aromatic nitrogens is 2. The zero-order valence-corrected chi connectivity index (χ0v) is 12.1. The number of nitrogens with one attached hydrogen (secondary N) is 1. The molecular formula is C14H25N5. The lowest BCUT2D eigenvalue weighted by atomic mass is 10.2. The van der Waals surface area contributed by atoms with Gasteiger partial charge >= 0.3 is 0 Å². The molecule has 0 unspecified atom stereocenters. The van der Waals surface area contributed by atoms with Crippen LogP contribution in [0.4, 0.5) is 0 Å². The molecule has 2 fully saturated rings. The molecule has 3 heterocycles. The van der Waals surface area contributed by atoms with Crippen LogP contribution in [0.2, 0.25) is 0 Å². The van der Waals surface area contributed by atoms with Gasteiger partial charge in [-0.25, -0.2) is 4.98 Å². The average molecular weight is 263 g/mol. The van der Waals surface area contributed by atoms with E-state index in [2.05, 4.69) is 38.6 Å². The first-order chi connectivity index (χ1) is 9.20. The molecule has 0 radical (unpaired) electrons. The number of likely N-dealkylation sites (tertiary alicyclic amines) is 1. The number of rotatable bonds is 3. The molecule has 2 aliphatic heterocycles. The van der Waals surface area contributed by atoms with Gasteiger partial charge in [0.1, 0.15) is 5.82 Å². The van der Waals surface area contributed by atoms with Crippen LogP contribution in [0.15, 0.2) is 6.20 Å². The summed E-state index contributed by atoms with van der Waals surface area (Å²) in [6, 6.07) is 0.754. The van der Waals surface area contributed by atoms with E-state index < -0.39 is 0 Å². The number of hydrogen-bond acceptors (Lipinski definition) is 4. The third-order valence-corrected chi connectivity index (χ3v) is 4.43. The van der Waals surface area contributed by atoms with Gasteiger partial charge in [0.05, 0.1) is 6.54 Å². The maximum absolute atomic E-state index is 4.41. The van der Waals surface area contributed by atoms with Crippen LogP contribution in [0.25, 0.3) is 0 Å². The number of piperazine rings is 1. The molecule has 3 rings (SSSR count). The number of H-pyrrole nitrogens is 1. The van der Waals surface area contributed by atoms with Crippen LogP contribution in [0.1, 0.15) is 17.9 Å². The first-order valence-electron chi connectivity index (χ1n) is 7.36. The molecule has 5 heteroatoms. The lowest BCUT2D eigenvalue weighted by Gasteiger charge is -2.36. The Morgan fingerprint density at radius 1 is 1.26 bits per heavy atom. The van der Waals surface area contributed by atoms with Crippen molar-refractivity contribution < 1.29 is 0 Å². The fourth-order valence-electron chi connectivity index (χ4n) is 3.20. The van der Waals surface area contributed by atoms with Gasteiger partial charge in [-0.05, 0) is 20.4 Å². The van der Waals surface area contributed by atoms with Crippen molar-refractivity contribution in [3.63, 3.8) is 0 Å². The molecule has 0 spiro atoms. The minimum absolute atomic E-state index is 0.754. The largest absolute Gasteiger partial charge is 0.345 e. The summed E-state index contributed by atoms with van der Waals surface area (Å²) in [4.78, 5) is 15.4. The molecule has 0 bridgehead atoms. The van der Waals surface area contributed by atoms with E-state index in [0.717, 1.165) is 24.1 Å². The lowest BCUT2D eigenvalue weighted by Crippen LogP contribution is -2.49. The van der Waals surface area contributed by atoms with E-state index in [-0.39, 0.29) is 0 Å². The molecule has 2 aliphatic rings. The number of aryl methyl sites for hydroxylation is 1. The van der Waals surface area contributed by atoms with Gasteiger partial charge in [0.2, 0.25) is 0 Å². The summed E-state index contributed by atoms with van der Waals surface area (Å²) in [5.41, 5.74) is 1.16. The van der Waals surface area contributed by atoms with E-state index in [9.17, 15) is 0 Å². The Balaban J connectivity index is 1.50. The van der Waals surface area contributed by atoms with Gasteiger partial charge < -0.3 is 9.88 Å². The van der Waals surface area contributed by atoms with Crippen LogP contribution in [-0.2, 0) is 6.54 Å². The zero-order valence-electron chi connectivity index (χ0n) is 12.1. The first kappa shape index (κ1) is 13.1. The maximum Gasteiger partial charge on any atom is 0.120 e. The molecule has 1 aromatic rings. The molecule has 1 aromatic heterocycles. The Morgan fingerprint density at radius 2 is 2.05 bits per heavy atom. The molecule has 1 N–H and O–H groups in total. The SMILES string of the molecule is Cc1cnc(CN2CC[C@H](N3CCN(C)CC3)C2)[nH]1. The Hall–Kier alpha value is -0.910. The molecule has 1 atom stereocenters. The minimum atomic E-state index is 0.754. The van der Waals surface area contributed by atoms with Crippen LogP contribution in [0.5, 0.6) is 0 Å². The highest BCUT2D eigenvalue weighted by Crippen LogP contribution is 2.18. The highest BCUT2D eigenvalue weighted by atomic mass is 15.3. The molecule has 0 aliphatic carbocycles. The predicted molar refractivity (Wildman–Crippen MR) is 76.1 cm³/mol. The normalized spacial score (nSPS) is 27.2. The Bertz CT molecular complexity index is 408. The van der Waals surface area contributed by atoms with Crippen molar-refractivity contribution in [2.45, 2.75) is 25.9 Å². The monoisotopic (exact) mass is 263 g/mol.